The molecule has 1 N–H and O–H groups in total. The zero-order chi connectivity index (χ0) is 16.4. The van der Waals surface area contributed by atoms with Gasteiger partial charge in [0.05, 0.1) is 0 Å². The molecule has 3 rings (SSSR count). The van der Waals surface area contributed by atoms with Gasteiger partial charge in [0, 0.05) is 37.8 Å². The molecule has 1 fully saturated rings. The lowest BCUT2D eigenvalue weighted by Gasteiger charge is -2.32. The molecule has 2 aliphatic rings. The first-order valence-electron chi connectivity index (χ1n) is 8.45. The molecule has 0 aromatic heterocycles. The van der Waals surface area contributed by atoms with Crippen molar-refractivity contribution in [1.82, 2.24) is 10.2 Å². The lowest BCUT2D eigenvalue weighted by atomic mass is 9.96. The number of anilines is 1. The van der Waals surface area contributed by atoms with Crippen molar-refractivity contribution < 1.29 is 9.59 Å². The molecule has 23 heavy (non-hydrogen) atoms. The Morgan fingerprint density at radius 3 is 2.61 bits per heavy atom. The lowest BCUT2D eigenvalue weighted by molar-refractivity contribution is -0.116. The Bertz CT molecular complexity index is 606. The Hall–Kier alpha value is -1.88. The van der Waals surface area contributed by atoms with Gasteiger partial charge in [-0.1, -0.05) is 0 Å². The van der Waals surface area contributed by atoms with E-state index in [2.05, 4.69) is 5.32 Å². The molecule has 1 aromatic carbocycles. The van der Waals surface area contributed by atoms with Crippen LogP contribution in [-0.4, -0.2) is 49.9 Å². The fraction of sp³-hybridized carbons (Fsp3) is 0.556. The number of likely N-dealkylation sites (tertiary alicyclic amines) is 1. The number of carbonyl (C=O) groups excluding carboxylic acids is 2. The van der Waals surface area contributed by atoms with Crippen molar-refractivity contribution in [2.45, 2.75) is 26.2 Å². The van der Waals surface area contributed by atoms with E-state index in [1.54, 1.807) is 11.8 Å². The SMILES string of the molecule is CNCC1CCN(C(=O)c2ccc3c(c2)CCN3C(C)=O)CC1. The standard InChI is InChI=1S/C18H25N3O2/c1-13(22)21-10-7-15-11-16(3-4-17(15)21)18(23)20-8-5-14(6-9-20)12-19-2/h3-4,11,14,19H,5-10,12H2,1-2H3. The summed E-state index contributed by atoms with van der Waals surface area (Å²) >= 11 is 0. The summed E-state index contributed by atoms with van der Waals surface area (Å²) in [5.74, 6) is 0.861. The van der Waals surface area contributed by atoms with Crippen molar-refractivity contribution in [3.63, 3.8) is 0 Å². The minimum Gasteiger partial charge on any atom is -0.339 e. The molecule has 124 valence electrons. The summed E-state index contributed by atoms with van der Waals surface area (Å²) in [4.78, 5) is 28.1. The number of amides is 2. The van der Waals surface area contributed by atoms with E-state index in [1.165, 1.54) is 0 Å². The van der Waals surface area contributed by atoms with Gasteiger partial charge in [-0.05, 0) is 62.5 Å². The van der Waals surface area contributed by atoms with E-state index >= 15 is 0 Å². The molecule has 2 aliphatic heterocycles. The Morgan fingerprint density at radius 2 is 1.96 bits per heavy atom. The zero-order valence-corrected chi connectivity index (χ0v) is 14.0. The highest BCUT2D eigenvalue weighted by atomic mass is 16.2. The fourth-order valence-corrected chi connectivity index (χ4v) is 3.67. The van der Waals surface area contributed by atoms with Gasteiger partial charge in [0.25, 0.3) is 5.91 Å². The summed E-state index contributed by atoms with van der Waals surface area (Å²) in [6.07, 6.45) is 2.96. The van der Waals surface area contributed by atoms with Crippen LogP contribution in [-0.2, 0) is 11.2 Å². The maximum atomic E-state index is 12.7. The third-order valence-electron chi connectivity index (χ3n) is 5.00. The van der Waals surface area contributed by atoms with Gasteiger partial charge >= 0.3 is 0 Å². The van der Waals surface area contributed by atoms with Gasteiger partial charge in [-0.15, -0.1) is 0 Å². The highest BCUT2D eigenvalue weighted by Crippen LogP contribution is 2.29. The van der Waals surface area contributed by atoms with E-state index in [9.17, 15) is 9.59 Å². The number of fused-ring (bicyclic) bond motifs is 1. The number of carbonyl (C=O) groups is 2. The van der Waals surface area contributed by atoms with Crippen molar-refractivity contribution in [2.75, 3.05) is 38.1 Å². The minimum absolute atomic E-state index is 0.0643. The fourth-order valence-electron chi connectivity index (χ4n) is 3.67. The molecule has 1 aromatic rings. The van der Waals surface area contributed by atoms with Crippen LogP contribution in [0.5, 0.6) is 0 Å². The Labute approximate surface area is 137 Å². The van der Waals surface area contributed by atoms with Gasteiger partial charge in [-0.25, -0.2) is 0 Å². The lowest BCUT2D eigenvalue weighted by Crippen LogP contribution is -2.40. The monoisotopic (exact) mass is 315 g/mol. The summed E-state index contributed by atoms with van der Waals surface area (Å²) < 4.78 is 0. The Morgan fingerprint density at radius 1 is 1.22 bits per heavy atom. The topological polar surface area (TPSA) is 52.7 Å². The highest BCUT2D eigenvalue weighted by Gasteiger charge is 2.26. The first kappa shape index (κ1) is 16.0. The molecule has 0 atom stereocenters. The number of piperidine rings is 1. The molecule has 0 unspecified atom stereocenters. The first-order chi connectivity index (χ1) is 11.1. The molecule has 0 radical (unpaired) electrons. The zero-order valence-electron chi connectivity index (χ0n) is 14.0. The molecular formula is C18H25N3O2. The van der Waals surface area contributed by atoms with Crippen LogP contribution in [0.2, 0.25) is 0 Å². The average molecular weight is 315 g/mol. The van der Waals surface area contributed by atoms with E-state index in [0.717, 1.165) is 62.3 Å². The van der Waals surface area contributed by atoms with Crippen LogP contribution in [0.3, 0.4) is 0 Å². The number of nitrogens with one attached hydrogen (secondary N) is 1. The van der Waals surface area contributed by atoms with Gasteiger partial charge in [-0.2, -0.15) is 0 Å². The second-order valence-electron chi connectivity index (χ2n) is 6.56. The quantitative estimate of drug-likeness (QED) is 0.923. The van der Waals surface area contributed by atoms with Crippen LogP contribution in [0.4, 0.5) is 5.69 Å². The van der Waals surface area contributed by atoms with Crippen molar-refractivity contribution in [3.05, 3.63) is 29.3 Å². The van der Waals surface area contributed by atoms with Crippen molar-refractivity contribution in [2.24, 2.45) is 5.92 Å². The maximum Gasteiger partial charge on any atom is 0.253 e. The average Bonchev–Trinajstić information content (AvgIpc) is 2.98. The van der Waals surface area contributed by atoms with Gasteiger partial charge < -0.3 is 15.1 Å². The predicted octanol–water partition coefficient (Wildman–Crippen LogP) is 1.67. The molecular weight excluding hydrogens is 290 g/mol. The van der Waals surface area contributed by atoms with E-state index < -0.39 is 0 Å². The second kappa shape index (κ2) is 6.71. The van der Waals surface area contributed by atoms with Crippen LogP contribution in [0.1, 0.15) is 35.7 Å². The first-order valence-corrected chi connectivity index (χ1v) is 8.45. The van der Waals surface area contributed by atoms with Gasteiger partial charge in [0.1, 0.15) is 0 Å². The predicted molar refractivity (Wildman–Crippen MR) is 90.7 cm³/mol. The summed E-state index contributed by atoms with van der Waals surface area (Å²) in [6.45, 7) is 5.01. The van der Waals surface area contributed by atoms with Crippen molar-refractivity contribution >= 4 is 17.5 Å². The smallest absolute Gasteiger partial charge is 0.253 e. The summed E-state index contributed by atoms with van der Waals surface area (Å²) in [6, 6.07) is 5.76. The number of rotatable bonds is 3. The largest absolute Gasteiger partial charge is 0.339 e. The van der Waals surface area contributed by atoms with Crippen LogP contribution in [0.25, 0.3) is 0 Å². The third-order valence-corrected chi connectivity index (χ3v) is 5.00. The summed E-state index contributed by atoms with van der Waals surface area (Å²) in [5.41, 5.74) is 2.82. The highest BCUT2D eigenvalue weighted by molar-refractivity contribution is 5.97. The van der Waals surface area contributed by atoms with Gasteiger partial charge in [-0.3, -0.25) is 9.59 Å². The summed E-state index contributed by atoms with van der Waals surface area (Å²) in [5, 5.41) is 3.22. The second-order valence-corrected chi connectivity index (χ2v) is 6.56. The molecule has 0 saturated carbocycles. The maximum absolute atomic E-state index is 12.7. The Kier molecular flexibility index (Phi) is 4.66. The molecule has 5 nitrogen and oxygen atoms in total. The van der Waals surface area contributed by atoms with Gasteiger partial charge in [0.15, 0.2) is 0 Å². The Balaban J connectivity index is 1.69. The van der Waals surface area contributed by atoms with Crippen LogP contribution < -0.4 is 10.2 Å². The van der Waals surface area contributed by atoms with Gasteiger partial charge in [0.2, 0.25) is 5.91 Å². The number of benzene rings is 1. The van der Waals surface area contributed by atoms with E-state index in [0.29, 0.717) is 5.92 Å². The number of hydrogen-bond donors (Lipinski definition) is 1. The van der Waals surface area contributed by atoms with Crippen molar-refractivity contribution in [3.8, 4) is 0 Å². The summed E-state index contributed by atoms with van der Waals surface area (Å²) in [7, 11) is 1.98. The molecule has 5 heteroatoms. The van der Waals surface area contributed by atoms with Crippen LogP contribution in [0.15, 0.2) is 18.2 Å². The molecule has 2 heterocycles. The van der Waals surface area contributed by atoms with E-state index in [4.69, 9.17) is 0 Å². The molecule has 2 amide bonds. The van der Waals surface area contributed by atoms with Crippen LogP contribution in [0, 0.1) is 5.92 Å². The van der Waals surface area contributed by atoms with Crippen LogP contribution >= 0.6 is 0 Å². The normalized spacial score (nSPS) is 18.2. The van der Waals surface area contributed by atoms with E-state index in [1.807, 2.05) is 30.1 Å². The minimum atomic E-state index is 0.0643. The molecule has 1 saturated heterocycles. The van der Waals surface area contributed by atoms with Crippen molar-refractivity contribution in [1.29, 1.82) is 0 Å². The molecule has 0 spiro atoms. The molecule has 0 bridgehead atoms. The van der Waals surface area contributed by atoms with E-state index in [-0.39, 0.29) is 11.8 Å². The molecule has 0 aliphatic carbocycles. The number of nitrogens with zero attached hydrogens (tertiary/aromatic N) is 2. The third kappa shape index (κ3) is 3.24. The number of hydrogen-bond acceptors (Lipinski definition) is 3.